The Labute approximate surface area is 145 Å². The number of aromatic carboxylic acids is 1. The van der Waals surface area contributed by atoms with E-state index in [9.17, 15) is 9.59 Å². The summed E-state index contributed by atoms with van der Waals surface area (Å²) in [6, 6.07) is 3.67. The van der Waals surface area contributed by atoms with E-state index in [-0.39, 0.29) is 18.0 Å². The molecule has 24 heavy (non-hydrogen) atoms. The van der Waals surface area contributed by atoms with Crippen LogP contribution in [-0.2, 0) is 17.8 Å². The highest BCUT2D eigenvalue weighted by molar-refractivity contribution is 7.12. The van der Waals surface area contributed by atoms with Gasteiger partial charge in [0.25, 0.3) is 0 Å². The van der Waals surface area contributed by atoms with Gasteiger partial charge in [-0.25, -0.2) is 4.79 Å². The summed E-state index contributed by atoms with van der Waals surface area (Å²) in [6.07, 6.45) is 2.17. The molecule has 0 radical (unpaired) electrons. The Morgan fingerprint density at radius 3 is 2.50 bits per heavy atom. The fraction of sp³-hybridized carbons (Fsp3) is 0.444. The van der Waals surface area contributed by atoms with Crippen molar-refractivity contribution >= 4 is 23.2 Å². The quantitative estimate of drug-likeness (QED) is 0.822. The van der Waals surface area contributed by atoms with Crippen LogP contribution < -0.4 is 0 Å². The summed E-state index contributed by atoms with van der Waals surface area (Å²) in [5.41, 5.74) is 1.47. The second-order valence-electron chi connectivity index (χ2n) is 6.03. The molecule has 2 heterocycles. The molecule has 6 heteroatoms. The monoisotopic (exact) mass is 349 g/mol. The summed E-state index contributed by atoms with van der Waals surface area (Å²) < 4.78 is 5.42. The van der Waals surface area contributed by atoms with Crippen molar-refractivity contribution in [2.75, 3.05) is 7.05 Å². The van der Waals surface area contributed by atoms with Gasteiger partial charge in [0.15, 0.2) is 0 Å². The van der Waals surface area contributed by atoms with Crippen LogP contribution in [0.25, 0.3) is 0 Å². The number of furan rings is 1. The Hall–Kier alpha value is -2.08. The Kier molecular flexibility index (Phi) is 5.83. The van der Waals surface area contributed by atoms with Crippen LogP contribution in [0.4, 0.5) is 0 Å². The number of hydrogen-bond donors (Lipinski definition) is 1. The Balaban J connectivity index is 1.85. The van der Waals surface area contributed by atoms with Gasteiger partial charge in [-0.3, -0.25) is 4.79 Å². The van der Waals surface area contributed by atoms with Crippen LogP contribution in [0.15, 0.2) is 16.5 Å². The minimum absolute atomic E-state index is 0.0329. The van der Waals surface area contributed by atoms with E-state index in [1.807, 2.05) is 0 Å². The Bertz CT molecular complexity index is 744. The smallest absolute Gasteiger partial charge is 0.339 e. The molecule has 0 bridgehead atoms. The molecule has 0 saturated carbocycles. The van der Waals surface area contributed by atoms with Gasteiger partial charge in [0.1, 0.15) is 17.1 Å². The van der Waals surface area contributed by atoms with Crippen molar-refractivity contribution in [2.45, 2.75) is 46.6 Å². The zero-order valence-electron chi connectivity index (χ0n) is 14.5. The van der Waals surface area contributed by atoms with Crippen molar-refractivity contribution in [1.82, 2.24) is 4.90 Å². The van der Waals surface area contributed by atoms with Crippen LogP contribution in [0, 0.1) is 20.8 Å². The van der Waals surface area contributed by atoms with Crippen molar-refractivity contribution in [3.8, 4) is 0 Å². The molecule has 5 nitrogen and oxygen atoms in total. The molecule has 0 spiro atoms. The van der Waals surface area contributed by atoms with E-state index in [0.29, 0.717) is 17.9 Å². The van der Waals surface area contributed by atoms with Crippen molar-refractivity contribution in [3.05, 3.63) is 44.5 Å². The topological polar surface area (TPSA) is 70.8 Å². The number of rotatable bonds is 7. The molecule has 0 saturated heterocycles. The van der Waals surface area contributed by atoms with Crippen LogP contribution in [0.2, 0.25) is 0 Å². The average Bonchev–Trinajstić information content (AvgIpc) is 3.01. The number of amides is 1. The Morgan fingerprint density at radius 2 is 1.96 bits per heavy atom. The van der Waals surface area contributed by atoms with Gasteiger partial charge in [-0.05, 0) is 51.3 Å². The van der Waals surface area contributed by atoms with E-state index in [4.69, 9.17) is 9.52 Å². The molecule has 1 N–H and O–H groups in total. The predicted octanol–water partition coefficient (Wildman–Crippen LogP) is 3.95. The summed E-state index contributed by atoms with van der Waals surface area (Å²) in [5, 5.41) is 9.03. The van der Waals surface area contributed by atoms with E-state index in [1.54, 1.807) is 30.2 Å². The maximum Gasteiger partial charge on any atom is 0.339 e. The number of carbonyl (C=O) groups excluding carboxylic acids is 1. The van der Waals surface area contributed by atoms with Gasteiger partial charge in [-0.2, -0.15) is 0 Å². The van der Waals surface area contributed by atoms with Crippen molar-refractivity contribution < 1.29 is 19.1 Å². The highest BCUT2D eigenvalue weighted by atomic mass is 32.1. The molecule has 0 fully saturated rings. The van der Waals surface area contributed by atoms with Gasteiger partial charge in [0, 0.05) is 23.2 Å². The van der Waals surface area contributed by atoms with E-state index in [0.717, 1.165) is 12.8 Å². The first-order valence-corrected chi connectivity index (χ1v) is 8.72. The number of carbonyl (C=O) groups is 2. The van der Waals surface area contributed by atoms with Crippen LogP contribution in [0.3, 0.4) is 0 Å². The highest BCUT2D eigenvalue weighted by Crippen LogP contribution is 2.22. The molecular weight excluding hydrogens is 326 g/mol. The van der Waals surface area contributed by atoms with Crippen LogP contribution in [0.5, 0.6) is 0 Å². The number of carboxylic acids is 1. The third-order valence-corrected chi connectivity index (χ3v) is 5.01. The fourth-order valence-electron chi connectivity index (χ4n) is 2.71. The zero-order valence-corrected chi connectivity index (χ0v) is 15.3. The maximum absolute atomic E-state index is 12.2. The Morgan fingerprint density at radius 1 is 1.25 bits per heavy atom. The number of thiophene rings is 1. The van der Waals surface area contributed by atoms with Crippen molar-refractivity contribution in [3.63, 3.8) is 0 Å². The number of nitrogens with zero attached hydrogens (tertiary/aromatic N) is 1. The van der Waals surface area contributed by atoms with Crippen LogP contribution >= 0.6 is 11.3 Å². The van der Waals surface area contributed by atoms with Gasteiger partial charge >= 0.3 is 5.97 Å². The summed E-state index contributed by atoms with van der Waals surface area (Å²) in [7, 11) is 1.71. The highest BCUT2D eigenvalue weighted by Gasteiger charge is 2.17. The van der Waals surface area contributed by atoms with E-state index >= 15 is 0 Å². The first-order valence-electron chi connectivity index (χ1n) is 7.90. The molecule has 0 aliphatic heterocycles. The molecule has 0 aromatic carbocycles. The minimum atomic E-state index is -1.02. The largest absolute Gasteiger partial charge is 0.478 e. The van der Waals surface area contributed by atoms with Gasteiger partial charge in [0.05, 0.1) is 6.54 Å². The number of aryl methyl sites for hydroxylation is 4. The second-order valence-corrected chi connectivity index (χ2v) is 7.49. The molecular formula is C18H23NO4S. The van der Waals surface area contributed by atoms with Crippen molar-refractivity contribution in [2.24, 2.45) is 0 Å². The molecule has 1 amide bonds. The lowest BCUT2D eigenvalue weighted by molar-refractivity contribution is -0.130. The molecule has 0 unspecified atom stereocenters. The maximum atomic E-state index is 12.2. The third-order valence-electron chi connectivity index (χ3n) is 4.00. The molecule has 0 aliphatic carbocycles. The summed E-state index contributed by atoms with van der Waals surface area (Å²) in [5.74, 6) is -0.129. The van der Waals surface area contributed by atoms with E-state index in [1.165, 1.54) is 21.4 Å². The first kappa shape index (κ1) is 18.3. The SMILES string of the molecule is Cc1cc(CCCC(=O)N(C)Cc2cc(C(=O)O)c(C)o2)c(C)s1. The van der Waals surface area contributed by atoms with Gasteiger partial charge in [-0.1, -0.05) is 0 Å². The molecule has 130 valence electrons. The van der Waals surface area contributed by atoms with Crippen LogP contribution in [0.1, 0.15) is 50.0 Å². The number of hydrogen-bond acceptors (Lipinski definition) is 4. The summed E-state index contributed by atoms with van der Waals surface area (Å²) in [4.78, 5) is 27.4. The minimum Gasteiger partial charge on any atom is -0.478 e. The fourth-order valence-corrected chi connectivity index (χ4v) is 3.68. The van der Waals surface area contributed by atoms with Gasteiger partial charge < -0.3 is 14.4 Å². The average molecular weight is 349 g/mol. The zero-order chi connectivity index (χ0) is 17.9. The predicted molar refractivity (Wildman–Crippen MR) is 93.6 cm³/mol. The molecule has 2 aromatic heterocycles. The lowest BCUT2D eigenvalue weighted by Gasteiger charge is -2.15. The normalized spacial score (nSPS) is 10.8. The molecule has 2 aromatic rings. The third kappa shape index (κ3) is 4.47. The summed E-state index contributed by atoms with van der Waals surface area (Å²) in [6.45, 7) is 6.10. The van der Waals surface area contributed by atoms with E-state index in [2.05, 4.69) is 19.9 Å². The molecule has 0 aliphatic rings. The van der Waals surface area contributed by atoms with Crippen LogP contribution in [-0.4, -0.2) is 28.9 Å². The number of carboxylic acid groups (broad SMARTS) is 1. The molecule has 2 rings (SSSR count). The second kappa shape index (κ2) is 7.66. The van der Waals surface area contributed by atoms with E-state index < -0.39 is 5.97 Å². The molecule has 0 atom stereocenters. The van der Waals surface area contributed by atoms with Crippen molar-refractivity contribution in [1.29, 1.82) is 0 Å². The van der Waals surface area contributed by atoms with Gasteiger partial charge in [-0.15, -0.1) is 11.3 Å². The first-order chi connectivity index (χ1) is 11.3. The lowest BCUT2D eigenvalue weighted by atomic mass is 10.1. The summed E-state index contributed by atoms with van der Waals surface area (Å²) >= 11 is 1.79. The standard InChI is InChI=1S/C18H23NO4S/c1-11-8-14(13(3)24-11)6-5-7-17(20)19(4)10-15-9-16(18(21)22)12(2)23-15/h8-9H,5-7,10H2,1-4H3,(H,21,22). The lowest BCUT2D eigenvalue weighted by Crippen LogP contribution is -2.25. The van der Waals surface area contributed by atoms with Gasteiger partial charge in [0.2, 0.25) is 5.91 Å².